The minimum Gasteiger partial charge on any atom is -0.497 e. The van der Waals surface area contributed by atoms with E-state index in [-0.39, 0.29) is 25.2 Å². The van der Waals surface area contributed by atoms with Gasteiger partial charge in [0.15, 0.2) is 13.2 Å². The molecule has 31 heavy (non-hydrogen) atoms. The molecule has 0 aromatic heterocycles. The summed E-state index contributed by atoms with van der Waals surface area (Å²) in [4.78, 5) is 26.6. The van der Waals surface area contributed by atoms with Gasteiger partial charge >= 0.3 is 5.97 Å². The van der Waals surface area contributed by atoms with Crippen LogP contribution in [0.1, 0.15) is 35.6 Å². The van der Waals surface area contributed by atoms with E-state index < -0.39 is 5.97 Å². The molecule has 0 aliphatic carbocycles. The SMILES string of the molecule is COc1ccc(OC)c([C@H]2CCCN2C(=O)COC(=O)COc2ccc(C)c(C)c2)c1. The molecule has 7 heteroatoms. The van der Waals surface area contributed by atoms with E-state index in [4.69, 9.17) is 18.9 Å². The van der Waals surface area contributed by atoms with Crippen LogP contribution in [0.15, 0.2) is 36.4 Å². The predicted octanol–water partition coefficient (Wildman–Crippen LogP) is 3.61. The van der Waals surface area contributed by atoms with Crippen molar-refractivity contribution in [2.45, 2.75) is 32.7 Å². The molecule has 166 valence electrons. The van der Waals surface area contributed by atoms with E-state index in [9.17, 15) is 9.59 Å². The van der Waals surface area contributed by atoms with Crippen molar-refractivity contribution in [3.8, 4) is 17.2 Å². The highest BCUT2D eigenvalue weighted by Crippen LogP contribution is 2.38. The number of aryl methyl sites for hydroxylation is 2. The van der Waals surface area contributed by atoms with Crippen LogP contribution in [-0.4, -0.2) is 50.8 Å². The molecule has 1 saturated heterocycles. The molecule has 0 unspecified atom stereocenters. The summed E-state index contributed by atoms with van der Waals surface area (Å²) in [6.07, 6.45) is 1.67. The van der Waals surface area contributed by atoms with Gasteiger partial charge in [0.2, 0.25) is 0 Å². The number of carbonyl (C=O) groups is 2. The molecule has 1 atom stereocenters. The number of carbonyl (C=O) groups excluding carboxylic acids is 2. The molecular weight excluding hydrogens is 398 g/mol. The minimum atomic E-state index is -0.582. The van der Waals surface area contributed by atoms with Gasteiger partial charge in [-0.15, -0.1) is 0 Å². The van der Waals surface area contributed by atoms with Crippen molar-refractivity contribution in [1.82, 2.24) is 4.90 Å². The maximum Gasteiger partial charge on any atom is 0.344 e. The molecule has 0 radical (unpaired) electrons. The first-order valence-electron chi connectivity index (χ1n) is 10.3. The molecule has 0 spiro atoms. The number of ether oxygens (including phenoxy) is 4. The number of likely N-dealkylation sites (tertiary alicyclic amines) is 1. The van der Waals surface area contributed by atoms with Crippen molar-refractivity contribution in [2.75, 3.05) is 34.0 Å². The Labute approximate surface area is 182 Å². The smallest absolute Gasteiger partial charge is 0.344 e. The topological polar surface area (TPSA) is 74.3 Å². The number of amides is 1. The number of esters is 1. The zero-order chi connectivity index (χ0) is 22.4. The molecule has 1 amide bonds. The normalized spacial score (nSPS) is 15.5. The van der Waals surface area contributed by atoms with Crippen LogP contribution in [0, 0.1) is 13.8 Å². The first-order valence-corrected chi connectivity index (χ1v) is 10.3. The van der Waals surface area contributed by atoms with Crippen molar-refractivity contribution in [2.24, 2.45) is 0 Å². The van der Waals surface area contributed by atoms with Crippen LogP contribution >= 0.6 is 0 Å². The van der Waals surface area contributed by atoms with Crippen molar-refractivity contribution >= 4 is 11.9 Å². The van der Waals surface area contributed by atoms with E-state index in [2.05, 4.69) is 0 Å². The molecular formula is C24H29NO6. The summed E-state index contributed by atoms with van der Waals surface area (Å²) in [7, 11) is 3.20. The van der Waals surface area contributed by atoms with Gasteiger partial charge in [-0.1, -0.05) is 6.07 Å². The molecule has 1 fully saturated rings. The van der Waals surface area contributed by atoms with E-state index in [1.54, 1.807) is 25.2 Å². The Morgan fingerprint density at radius 3 is 2.45 bits per heavy atom. The summed E-state index contributed by atoms with van der Waals surface area (Å²) in [5.74, 6) is 1.17. The number of rotatable bonds is 8. The average Bonchev–Trinajstić information content (AvgIpc) is 3.27. The van der Waals surface area contributed by atoms with Crippen LogP contribution in [0.4, 0.5) is 0 Å². The lowest BCUT2D eigenvalue weighted by Gasteiger charge is -2.26. The molecule has 2 aromatic carbocycles. The Morgan fingerprint density at radius 2 is 1.74 bits per heavy atom. The third kappa shape index (κ3) is 5.48. The van der Waals surface area contributed by atoms with Gasteiger partial charge in [-0.25, -0.2) is 4.79 Å². The third-order valence-electron chi connectivity index (χ3n) is 5.56. The van der Waals surface area contributed by atoms with Crippen LogP contribution < -0.4 is 14.2 Å². The quantitative estimate of drug-likeness (QED) is 0.599. The fourth-order valence-electron chi connectivity index (χ4n) is 3.70. The van der Waals surface area contributed by atoms with E-state index in [0.717, 1.165) is 29.5 Å². The van der Waals surface area contributed by atoms with Gasteiger partial charge in [0.25, 0.3) is 5.91 Å². The molecule has 0 N–H and O–H groups in total. The lowest BCUT2D eigenvalue weighted by Crippen LogP contribution is -2.35. The van der Waals surface area contributed by atoms with Crippen LogP contribution in [0.25, 0.3) is 0 Å². The Balaban J connectivity index is 1.57. The molecule has 2 aromatic rings. The van der Waals surface area contributed by atoms with Crippen LogP contribution in [0.2, 0.25) is 0 Å². The van der Waals surface area contributed by atoms with Crippen molar-refractivity contribution in [1.29, 1.82) is 0 Å². The lowest BCUT2D eigenvalue weighted by molar-refractivity contribution is -0.154. The molecule has 3 rings (SSSR count). The fourth-order valence-corrected chi connectivity index (χ4v) is 3.70. The van der Waals surface area contributed by atoms with Gasteiger partial charge in [-0.2, -0.15) is 0 Å². The molecule has 1 aliphatic heterocycles. The Bertz CT molecular complexity index is 942. The Kier molecular flexibility index (Phi) is 7.39. The molecule has 0 bridgehead atoms. The van der Waals surface area contributed by atoms with E-state index in [0.29, 0.717) is 23.8 Å². The Morgan fingerprint density at radius 1 is 0.968 bits per heavy atom. The molecule has 7 nitrogen and oxygen atoms in total. The minimum absolute atomic E-state index is 0.150. The zero-order valence-corrected chi connectivity index (χ0v) is 18.5. The summed E-state index contributed by atoms with van der Waals surface area (Å²) < 4.78 is 21.4. The highest BCUT2D eigenvalue weighted by atomic mass is 16.6. The maximum absolute atomic E-state index is 12.8. The molecule has 1 aliphatic rings. The van der Waals surface area contributed by atoms with E-state index in [1.807, 2.05) is 44.2 Å². The summed E-state index contributed by atoms with van der Waals surface area (Å²) in [6.45, 7) is 4.01. The van der Waals surface area contributed by atoms with Gasteiger partial charge in [0, 0.05) is 12.1 Å². The van der Waals surface area contributed by atoms with Gasteiger partial charge in [-0.3, -0.25) is 4.79 Å². The first kappa shape index (κ1) is 22.5. The largest absolute Gasteiger partial charge is 0.497 e. The second-order valence-corrected chi connectivity index (χ2v) is 7.55. The summed E-state index contributed by atoms with van der Waals surface area (Å²) in [5, 5.41) is 0. The van der Waals surface area contributed by atoms with Gasteiger partial charge in [0.1, 0.15) is 17.2 Å². The second-order valence-electron chi connectivity index (χ2n) is 7.55. The van der Waals surface area contributed by atoms with E-state index >= 15 is 0 Å². The molecule has 1 heterocycles. The van der Waals surface area contributed by atoms with Crippen molar-refractivity contribution in [3.05, 3.63) is 53.1 Å². The number of benzene rings is 2. The molecule has 0 saturated carbocycles. The lowest BCUT2D eigenvalue weighted by atomic mass is 10.0. The monoisotopic (exact) mass is 427 g/mol. The summed E-state index contributed by atoms with van der Waals surface area (Å²) in [5.41, 5.74) is 3.11. The van der Waals surface area contributed by atoms with Crippen molar-refractivity contribution in [3.63, 3.8) is 0 Å². The highest BCUT2D eigenvalue weighted by molar-refractivity contribution is 5.81. The van der Waals surface area contributed by atoms with Crippen LogP contribution in [-0.2, 0) is 14.3 Å². The number of nitrogens with zero attached hydrogens (tertiary/aromatic N) is 1. The third-order valence-corrected chi connectivity index (χ3v) is 5.56. The van der Waals surface area contributed by atoms with E-state index in [1.165, 1.54) is 0 Å². The van der Waals surface area contributed by atoms with Gasteiger partial charge in [-0.05, 0) is 68.1 Å². The highest BCUT2D eigenvalue weighted by Gasteiger charge is 2.32. The van der Waals surface area contributed by atoms with Crippen LogP contribution in [0.3, 0.4) is 0 Å². The second kappa shape index (κ2) is 10.2. The maximum atomic E-state index is 12.8. The van der Waals surface area contributed by atoms with Crippen LogP contribution in [0.5, 0.6) is 17.2 Å². The average molecular weight is 427 g/mol. The van der Waals surface area contributed by atoms with Gasteiger partial charge < -0.3 is 23.8 Å². The van der Waals surface area contributed by atoms with Crippen molar-refractivity contribution < 1.29 is 28.5 Å². The zero-order valence-electron chi connectivity index (χ0n) is 18.5. The van der Waals surface area contributed by atoms with Gasteiger partial charge in [0.05, 0.1) is 20.3 Å². The summed E-state index contributed by atoms with van der Waals surface area (Å²) in [6, 6.07) is 11.0. The standard InChI is InChI=1S/C24H29NO6/c1-16-7-8-19(12-17(16)2)30-15-24(27)31-14-23(26)25-11-5-6-21(25)20-13-18(28-3)9-10-22(20)29-4/h7-10,12-13,21H,5-6,11,14-15H2,1-4H3/t21-/m1/s1. The first-order chi connectivity index (χ1) is 14.9. The number of hydrogen-bond acceptors (Lipinski definition) is 6. The summed E-state index contributed by atoms with van der Waals surface area (Å²) >= 11 is 0. The number of methoxy groups -OCH3 is 2. The Hall–Kier alpha value is -3.22. The predicted molar refractivity (Wildman–Crippen MR) is 116 cm³/mol. The number of hydrogen-bond donors (Lipinski definition) is 0. The fraction of sp³-hybridized carbons (Fsp3) is 0.417.